The lowest BCUT2D eigenvalue weighted by Gasteiger charge is -2.43. The van der Waals surface area contributed by atoms with Gasteiger partial charge in [-0.3, -0.25) is 4.79 Å². The molecular formula is C11H20O2. The molecule has 0 radical (unpaired) electrons. The molecule has 1 aliphatic carbocycles. The van der Waals surface area contributed by atoms with Crippen LogP contribution in [-0.2, 0) is 4.79 Å². The van der Waals surface area contributed by atoms with E-state index >= 15 is 0 Å². The molecule has 0 amide bonds. The van der Waals surface area contributed by atoms with Crippen molar-refractivity contribution in [3.05, 3.63) is 0 Å². The first kappa shape index (κ1) is 9.04. The van der Waals surface area contributed by atoms with Crippen LogP contribution in [0.15, 0.2) is 0 Å². The van der Waals surface area contributed by atoms with Crippen molar-refractivity contribution in [2.24, 2.45) is 16.7 Å². The van der Waals surface area contributed by atoms with E-state index in [4.69, 9.17) is 1.43 Å². The van der Waals surface area contributed by atoms with Crippen molar-refractivity contribution in [2.75, 3.05) is 0 Å². The van der Waals surface area contributed by atoms with Gasteiger partial charge in [0, 0.05) is 0 Å². The summed E-state index contributed by atoms with van der Waals surface area (Å²) in [4.78, 5) is 11.3. The van der Waals surface area contributed by atoms with Crippen molar-refractivity contribution in [1.82, 2.24) is 0 Å². The number of carbonyl (C=O) groups is 1. The number of hydrogen-bond donors (Lipinski definition) is 1. The van der Waals surface area contributed by atoms with Gasteiger partial charge in [-0.25, -0.2) is 0 Å². The average Bonchev–Trinajstić information content (AvgIpc) is 1.97. The molecule has 1 saturated carbocycles. The average molecular weight is 186 g/mol. The third-order valence-corrected chi connectivity index (χ3v) is 2.89. The molecule has 1 N–H and O–H groups in total. The summed E-state index contributed by atoms with van der Waals surface area (Å²) in [5, 5.41) is 4.09. The Morgan fingerprint density at radius 3 is 2.15 bits per heavy atom. The molecule has 1 aliphatic rings. The molecule has 0 aromatic heterocycles. The summed E-state index contributed by atoms with van der Waals surface area (Å²) in [6, 6.07) is 0. The number of carboxylic acid groups (broad SMARTS) is 1. The van der Waals surface area contributed by atoms with E-state index < -0.39 is 0 Å². The zero-order valence-electron chi connectivity index (χ0n) is 10.0. The van der Waals surface area contributed by atoms with E-state index in [9.17, 15) is 4.79 Å². The molecular weight excluding hydrogens is 164 g/mol. The lowest BCUT2D eigenvalue weighted by molar-refractivity contribution is -0.146. The highest BCUT2D eigenvalue weighted by molar-refractivity contribution is 5.70. The maximum atomic E-state index is 11.3. The topological polar surface area (TPSA) is 37.3 Å². The van der Waals surface area contributed by atoms with Crippen LogP contribution >= 0.6 is 0 Å². The molecule has 0 atom stereocenters. The van der Waals surface area contributed by atoms with E-state index in [0.717, 1.165) is 19.3 Å². The molecule has 2 heteroatoms. The number of carboxylic acids is 1. The van der Waals surface area contributed by atoms with E-state index in [1.807, 2.05) is 0 Å². The molecule has 0 aromatic rings. The van der Waals surface area contributed by atoms with Crippen molar-refractivity contribution >= 4 is 5.97 Å². The Labute approximate surface area is 81.8 Å². The van der Waals surface area contributed by atoms with Crippen LogP contribution in [0.4, 0.5) is 0 Å². The second kappa shape index (κ2) is 3.00. The quantitative estimate of drug-likeness (QED) is 0.683. The molecule has 0 aromatic carbocycles. The summed E-state index contributed by atoms with van der Waals surface area (Å²) in [5.41, 5.74) is 0.362. The number of rotatable bonds is 1. The Morgan fingerprint density at radius 2 is 1.77 bits per heavy atom. The largest absolute Gasteiger partial charge is 0.481 e. The summed E-state index contributed by atoms with van der Waals surface area (Å²) >= 11 is 0. The van der Waals surface area contributed by atoms with Gasteiger partial charge in [0.2, 0.25) is 0 Å². The van der Waals surface area contributed by atoms with Gasteiger partial charge in [-0.2, -0.15) is 0 Å². The standard InChI is InChI=1S/C11H20O2/c1-10(2)5-8(9(12)13)6-11(3,4)7-10/h8H,5-7H2,1-4H3,(H,12,13)/i/hT. The second-order valence-corrected chi connectivity index (χ2v) is 5.93. The van der Waals surface area contributed by atoms with Crippen molar-refractivity contribution < 1.29 is 9.90 Å². The maximum absolute atomic E-state index is 11.3. The van der Waals surface area contributed by atoms with E-state index in [2.05, 4.69) is 32.8 Å². The zero-order valence-corrected chi connectivity index (χ0v) is 9.02. The highest BCUT2D eigenvalue weighted by Gasteiger charge is 2.40. The predicted octanol–water partition coefficient (Wildman–Crippen LogP) is 2.92. The fourth-order valence-corrected chi connectivity index (χ4v) is 3.01. The predicted molar refractivity (Wildman–Crippen MR) is 52.5 cm³/mol. The van der Waals surface area contributed by atoms with Gasteiger partial charge < -0.3 is 5.11 Å². The van der Waals surface area contributed by atoms with Crippen molar-refractivity contribution in [3.8, 4) is 0 Å². The molecule has 0 aliphatic heterocycles. The van der Waals surface area contributed by atoms with Gasteiger partial charge in [0.15, 0.2) is 0 Å². The van der Waals surface area contributed by atoms with Crippen LogP contribution in [0.25, 0.3) is 1.43 Å². The highest BCUT2D eigenvalue weighted by atomic mass is 16.4. The monoisotopic (exact) mass is 186 g/mol. The van der Waals surface area contributed by atoms with Crippen LogP contribution in [0.5, 0.6) is 0 Å². The molecule has 0 bridgehead atoms. The van der Waals surface area contributed by atoms with Crippen LogP contribution in [0.1, 0.15) is 47.0 Å². The number of hydrogen-bond acceptors (Lipinski definition) is 2. The van der Waals surface area contributed by atoms with Crippen molar-refractivity contribution in [3.63, 3.8) is 0 Å². The Bertz CT molecular complexity index is 217. The van der Waals surface area contributed by atoms with Crippen molar-refractivity contribution in [2.45, 2.75) is 47.0 Å². The van der Waals surface area contributed by atoms with Gasteiger partial charge in [0.1, 0.15) is 0 Å². The number of aliphatic carboxylic acids is 1. The Hall–Kier alpha value is -0.530. The normalized spacial score (nSPS) is 27.8. The van der Waals surface area contributed by atoms with Crippen LogP contribution in [-0.4, -0.2) is 11.1 Å². The third-order valence-electron chi connectivity index (χ3n) is 2.89. The summed E-state index contributed by atoms with van der Waals surface area (Å²) < 4.78 is 6.65. The molecule has 2 nitrogen and oxygen atoms in total. The van der Waals surface area contributed by atoms with E-state index in [-0.39, 0.29) is 22.7 Å². The van der Waals surface area contributed by atoms with Crippen LogP contribution in [0.2, 0.25) is 0 Å². The summed E-state index contributed by atoms with van der Waals surface area (Å²) in [7, 11) is 0. The second-order valence-electron chi connectivity index (χ2n) is 5.93. The Balaban J connectivity index is 2.76. The first-order valence-corrected chi connectivity index (χ1v) is 4.93. The molecule has 13 heavy (non-hydrogen) atoms. The van der Waals surface area contributed by atoms with Gasteiger partial charge >= 0.3 is 5.97 Å². The van der Waals surface area contributed by atoms with E-state index in [0.29, 0.717) is 0 Å². The van der Waals surface area contributed by atoms with Crippen LogP contribution in [0, 0.1) is 16.7 Å². The Morgan fingerprint density at radius 1 is 1.31 bits per heavy atom. The minimum Gasteiger partial charge on any atom is -0.481 e. The fourth-order valence-electron chi connectivity index (χ4n) is 3.01. The molecule has 76 valence electrons. The third kappa shape index (κ3) is 2.71. The van der Waals surface area contributed by atoms with Gasteiger partial charge in [0.25, 0.3) is 1.43 Å². The minimum absolute atomic E-state index is 0.0914. The summed E-state index contributed by atoms with van der Waals surface area (Å²) in [6.07, 6.45) is 2.81. The van der Waals surface area contributed by atoms with Gasteiger partial charge in [-0.15, -0.1) is 0 Å². The lowest BCUT2D eigenvalue weighted by Crippen LogP contribution is -2.36. The molecule has 0 unspecified atom stereocenters. The SMILES string of the molecule is [3H]OC(=O)C1CC(C)(C)CC(C)(C)C1. The smallest absolute Gasteiger partial charge is 0.306 e. The van der Waals surface area contributed by atoms with Gasteiger partial charge in [-0.05, 0) is 30.1 Å². The molecule has 1 rings (SSSR count). The van der Waals surface area contributed by atoms with Gasteiger partial charge in [-0.1, -0.05) is 27.7 Å². The first-order chi connectivity index (χ1) is 6.26. The van der Waals surface area contributed by atoms with Crippen molar-refractivity contribution in [1.29, 1.82) is 1.43 Å². The summed E-state index contributed by atoms with van der Waals surface area (Å²) in [6.45, 7) is 8.71. The highest BCUT2D eigenvalue weighted by Crippen LogP contribution is 2.48. The zero-order chi connectivity index (χ0) is 11.0. The molecule has 0 saturated heterocycles. The Kier molecular flexibility index (Phi) is 2.09. The van der Waals surface area contributed by atoms with Gasteiger partial charge in [0.05, 0.1) is 5.92 Å². The van der Waals surface area contributed by atoms with E-state index in [1.165, 1.54) is 0 Å². The lowest BCUT2D eigenvalue weighted by atomic mass is 9.61. The van der Waals surface area contributed by atoms with E-state index in [1.54, 1.807) is 0 Å². The fraction of sp³-hybridized carbons (Fsp3) is 0.909. The first-order valence-electron chi connectivity index (χ1n) is 5.34. The molecule has 1 fully saturated rings. The van der Waals surface area contributed by atoms with Crippen LogP contribution in [0.3, 0.4) is 0 Å². The minimum atomic E-state index is -0.370. The summed E-state index contributed by atoms with van der Waals surface area (Å²) in [5.74, 6) is -0.461. The molecule has 0 heterocycles. The maximum Gasteiger partial charge on any atom is 0.306 e. The molecule has 0 spiro atoms. The van der Waals surface area contributed by atoms with Crippen LogP contribution < -0.4 is 0 Å².